The van der Waals surface area contributed by atoms with Crippen LogP contribution >= 0.6 is 0 Å². The molecular formula is C15H21NO5. The molecule has 0 aliphatic carbocycles. The number of carboxylic acid groups (broad SMARTS) is 1. The molecule has 0 saturated heterocycles. The van der Waals surface area contributed by atoms with Crippen LogP contribution in [0.25, 0.3) is 0 Å². The molecular weight excluding hydrogens is 274 g/mol. The topological polar surface area (TPSA) is 95.9 Å². The summed E-state index contributed by atoms with van der Waals surface area (Å²) in [6.45, 7) is 4.54. The zero-order valence-electron chi connectivity index (χ0n) is 12.4. The first-order chi connectivity index (χ1) is 9.74. The highest BCUT2D eigenvalue weighted by atomic mass is 16.5. The van der Waals surface area contributed by atoms with Gasteiger partial charge in [-0.05, 0) is 24.5 Å². The van der Waals surface area contributed by atoms with Gasteiger partial charge in [0.25, 0.3) is 5.91 Å². The maximum atomic E-state index is 11.6. The molecule has 6 heteroatoms. The van der Waals surface area contributed by atoms with Gasteiger partial charge < -0.3 is 20.3 Å². The van der Waals surface area contributed by atoms with Gasteiger partial charge in [0.1, 0.15) is 5.75 Å². The zero-order chi connectivity index (χ0) is 16.0. The molecule has 1 aromatic rings. The third-order valence-corrected chi connectivity index (χ3v) is 2.99. The molecule has 0 aliphatic heterocycles. The van der Waals surface area contributed by atoms with Crippen LogP contribution in [-0.4, -0.2) is 40.8 Å². The van der Waals surface area contributed by atoms with E-state index in [2.05, 4.69) is 5.32 Å². The van der Waals surface area contributed by atoms with Crippen molar-refractivity contribution in [2.24, 2.45) is 0 Å². The summed E-state index contributed by atoms with van der Waals surface area (Å²) in [5.74, 6) is -1.01. The Balaban J connectivity index is 2.53. The number of carboxylic acids is 1. The van der Waals surface area contributed by atoms with Crippen LogP contribution in [0.4, 0.5) is 0 Å². The van der Waals surface area contributed by atoms with Gasteiger partial charge in [0.05, 0.1) is 6.54 Å². The van der Waals surface area contributed by atoms with Crippen LogP contribution in [0.5, 0.6) is 5.75 Å². The number of aliphatic carboxylic acids is 1. The van der Waals surface area contributed by atoms with E-state index in [9.17, 15) is 14.7 Å². The monoisotopic (exact) mass is 295 g/mol. The van der Waals surface area contributed by atoms with Crippen molar-refractivity contribution in [3.8, 4) is 5.75 Å². The summed E-state index contributed by atoms with van der Waals surface area (Å²) in [5, 5.41) is 20.5. The molecule has 21 heavy (non-hydrogen) atoms. The van der Waals surface area contributed by atoms with Crippen molar-refractivity contribution >= 4 is 11.9 Å². The third kappa shape index (κ3) is 5.07. The van der Waals surface area contributed by atoms with E-state index in [-0.39, 0.29) is 19.1 Å². The van der Waals surface area contributed by atoms with E-state index < -0.39 is 17.5 Å². The van der Waals surface area contributed by atoms with Gasteiger partial charge in [-0.2, -0.15) is 0 Å². The number of aliphatic hydroxyl groups is 1. The molecule has 0 bridgehead atoms. The second kappa shape index (κ2) is 7.08. The Labute approximate surface area is 123 Å². The fourth-order valence-corrected chi connectivity index (χ4v) is 1.63. The van der Waals surface area contributed by atoms with Gasteiger partial charge in [0, 0.05) is 0 Å². The van der Waals surface area contributed by atoms with Gasteiger partial charge in [-0.3, -0.25) is 4.79 Å². The first-order valence-electron chi connectivity index (χ1n) is 6.68. The zero-order valence-corrected chi connectivity index (χ0v) is 12.4. The molecule has 0 aliphatic rings. The number of ether oxygens (including phenoxy) is 1. The summed E-state index contributed by atoms with van der Waals surface area (Å²) in [6, 6.07) is 7.41. The van der Waals surface area contributed by atoms with E-state index in [1.807, 2.05) is 32.0 Å². The molecule has 3 N–H and O–H groups in total. The average molecular weight is 295 g/mol. The number of hydrogen-bond donors (Lipinski definition) is 3. The normalized spacial score (nSPS) is 13.6. The fourth-order valence-electron chi connectivity index (χ4n) is 1.63. The average Bonchev–Trinajstić information content (AvgIpc) is 2.43. The molecule has 116 valence electrons. The smallest absolute Gasteiger partial charge is 0.337 e. The predicted molar refractivity (Wildman–Crippen MR) is 77.3 cm³/mol. The van der Waals surface area contributed by atoms with E-state index in [1.54, 1.807) is 6.07 Å². The lowest BCUT2D eigenvalue weighted by molar-refractivity contribution is -0.156. The Kier molecular flexibility index (Phi) is 5.72. The maximum absolute atomic E-state index is 11.6. The molecule has 1 unspecified atom stereocenters. The Morgan fingerprint density at radius 1 is 1.33 bits per heavy atom. The standard InChI is InChI=1S/C15H21NO5/c1-10(2)11-6-4-5-7-12(11)21-8-13(17)16-9-15(3,20)14(18)19/h4-7,10,20H,8-9H2,1-3H3,(H,16,17)(H,18,19). The second-order valence-corrected chi connectivity index (χ2v) is 5.34. The summed E-state index contributed by atoms with van der Waals surface area (Å²) in [5.41, 5.74) is -1.01. The predicted octanol–water partition coefficient (Wildman–Crippen LogP) is 1.14. The summed E-state index contributed by atoms with van der Waals surface area (Å²) < 4.78 is 5.44. The van der Waals surface area contributed by atoms with Crippen molar-refractivity contribution in [3.63, 3.8) is 0 Å². The molecule has 0 fully saturated rings. The number of carbonyl (C=O) groups excluding carboxylic acids is 1. The van der Waals surface area contributed by atoms with E-state index in [0.717, 1.165) is 12.5 Å². The highest BCUT2D eigenvalue weighted by Gasteiger charge is 2.30. The molecule has 0 heterocycles. The molecule has 1 amide bonds. The van der Waals surface area contributed by atoms with Crippen molar-refractivity contribution in [3.05, 3.63) is 29.8 Å². The number of para-hydroxylation sites is 1. The number of amides is 1. The van der Waals surface area contributed by atoms with Crippen LogP contribution in [0, 0.1) is 0 Å². The molecule has 0 spiro atoms. The van der Waals surface area contributed by atoms with Gasteiger partial charge >= 0.3 is 5.97 Å². The Morgan fingerprint density at radius 3 is 2.52 bits per heavy atom. The first-order valence-corrected chi connectivity index (χ1v) is 6.68. The minimum Gasteiger partial charge on any atom is -0.483 e. The largest absolute Gasteiger partial charge is 0.483 e. The van der Waals surface area contributed by atoms with E-state index >= 15 is 0 Å². The summed E-state index contributed by atoms with van der Waals surface area (Å²) in [4.78, 5) is 22.3. The Bertz CT molecular complexity index is 511. The van der Waals surface area contributed by atoms with Crippen LogP contribution < -0.4 is 10.1 Å². The highest BCUT2D eigenvalue weighted by Crippen LogP contribution is 2.25. The van der Waals surface area contributed by atoms with Crippen molar-refractivity contribution in [1.82, 2.24) is 5.32 Å². The molecule has 0 radical (unpaired) electrons. The lowest BCUT2D eigenvalue weighted by Crippen LogP contribution is -2.47. The minimum absolute atomic E-state index is 0.237. The molecule has 1 aromatic carbocycles. The van der Waals surface area contributed by atoms with E-state index in [1.165, 1.54) is 0 Å². The molecule has 1 rings (SSSR count). The van der Waals surface area contributed by atoms with Crippen molar-refractivity contribution < 1.29 is 24.5 Å². The van der Waals surface area contributed by atoms with Crippen LogP contribution in [-0.2, 0) is 9.59 Å². The van der Waals surface area contributed by atoms with Gasteiger partial charge in [-0.1, -0.05) is 32.0 Å². The summed E-state index contributed by atoms with van der Waals surface area (Å²) >= 11 is 0. The Morgan fingerprint density at radius 2 is 1.95 bits per heavy atom. The Hall–Kier alpha value is -2.08. The summed E-state index contributed by atoms with van der Waals surface area (Å²) in [6.07, 6.45) is 0. The highest BCUT2D eigenvalue weighted by molar-refractivity contribution is 5.80. The van der Waals surface area contributed by atoms with Crippen molar-refractivity contribution in [1.29, 1.82) is 0 Å². The number of nitrogens with one attached hydrogen (secondary N) is 1. The number of hydrogen-bond acceptors (Lipinski definition) is 4. The van der Waals surface area contributed by atoms with Crippen molar-refractivity contribution in [2.75, 3.05) is 13.2 Å². The van der Waals surface area contributed by atoms with E-state index in [4.69, 9.17) is 9.84 Å². The van der Waals surface area contributed by atoms with Crippen LogP contribution in [0.3, 0.4) is 0 Å². The number of carbonyl (C=O) groups is 2. The fraction of sp³-hybridized carbons (Fsp3) is 0.467. The lowest BCUT2D eigenvalue weighted by atomic mass is 10.0. The maximum Gasteiger partial charge on any atom is 0.337 e. The van der Waals surface area contributed by atoms with E-state index in [0.29, 0.717) is 5.75 Å². The molecule has 1 atom stereocenters. The van der Waals surface area contributed by atoms with Crippen molar-refractivity contribution in [2.45, 2.75) is 32.3 Å². The minimum atomic E-state index is -1.99. The van der Waals surface area contributed by atoms with Gasteiger partial charge in [0.2, 0.25) is 0 Å². The van der Waals surface area contributed by atoms with Crippen LogP contribution in [0.15, 0.2) is 24.3 Å². The van der Waals surface area contributed by atoms with Gasteiger partial charge in [-0.15, -0.1) is 0 Å². The van der Waals surface area contributed by atoms with Crippen LogP contribution in [0.2, 0.25) is 0 Å². The van der Waals surface area contributed by atoms with Gasteiger partial charge in [0.15, 0.2) is 12.2 Å². The molecule has 0 saturated carbocycles. The van der Waals surface area contributed by atoms with Gasteiger partial charge in [-0.25, -0.2) is 4.79 Å². The SMILES string of the molecule is CC(C)c1ccccc1OCC(=O)NCC(C)(O)C(=O)O. The number of benzene rings is 1. The first kappa shape index (κ1) is 17.0. The lowest BCUT2D eigenvalue weighted by Gasteiger charge is -2.18. The quantitative estimate of drug-likeness (QED) is 0.701. The second-order valence-electron chi connectivity index (χ2n) is 5.34. The number of rotatable bonds is 7. The molecule has 0 aromatic heterocycles. The summed E-state index contributed by atoms with van der Waals surface area (Å²) in [7, 11) is 0. The third-order valence-electron chi connectivity index (χ3n) is 2.99. The molecule has 6 nitrogen and oxygen atoms in total. The van der Waals surface area contributed by atoms with Crippen LogP contribution in [0.1, 0.15) is 32.3 Å².